The van der Waals surface area contributed by atoms with Gasteiger partial charge in [-0.1, -0.05) is 32.9 Å². The Morgan fingerprint density at radius 3 is 2.64 bits per heavy atom. The molecule has 2 aromatic rings. The molecule has 3 rings (SSSR count). The van der Waals surface area contributed by atoms with Gasteiger partial charge >= 0.3 is 6.03 Å². The van der Waals surface area contributed by atoms with Crippen LogP contribution in [0.5, 0.6) is 0 Å². The van der Waals surface area contributed by atoms with Gasteiger partial charge in [-0.2, -0.15) is 9.78 Å². The first-order chi connectivity index (χ1) is 11.9. The summed E-state index contributed by atoms with van der Waals surface area (Å²) in [6, 6.07) is 3.54. The Bertz CT molecular complexity index is 760. The minimum Gasteiger partial charge on any atom is -0.335 e. The van der Waals surface area contributed by atoms with Gasteiger partial charge in [-0.3, -0.25) is 5.32 Å². The number of hydrogen-bond acceptors (Lipinski definition) is 4. The van der Waals surface area contributed by atoms with E-state index < -0.39 is 0 Å². The first kappa shape index (κ1) is 17.1. The number of urea groups is 1. The summed E-state index contributed by atoms with van der Waals surface area (Å²) < 4.78 is 1.57. The molecule has 1 aliphatic rings. The number of carbonyl (C=O) groups is 1. The number of amides is 2. The zero-order valence-electron chi connectivity index (χ0n) is 14.9. The summed E-state index contributed by atoms with van der Waals surface area (Å²) in [7, 11) is 0. The second-order valence-electron chi connectivity index (χ2n) is 7.21. The lowest BCUT2D eigenvalue weighted by atomic mass is 9.92. The molecule has 1 aliphatic carbocycles. The van der Waals surface area contributed by atoms with E-state index in [1.807, 2.05) is 6.07 Å². The Hall–Kier alpha value is -2.70. The second kappa shape index (κ2) is 7.04. The van der Waals surface area contributed by atoms with E-state index in [-0.39, 0.29) is 17.5 Å². The summed E-state index contributed by atoms with van der Waals surface area (Å²) in [4.78, 5) is 20.9. The third-order valence-corrected chi connectivity index (χ3v) is 4.07. The molecule has 0 aromatic carbocycles. The molecule has 7 heteroatoms. The molecule has 1 unspecified atom stereocenters. The normalized spacial score (nSPS) is 17.3. The lowest BCUT2D eigenvalue weighted by Gasteiger charge is -2.19. The molecule has 2 aromatic heterocycles. The van der Waals surface area contributed by atoms with Gasteiger partial charge in [0.15, 0.2) is 0 Å². The van der Waals surface area contributed by atoms with E-state index in [2.05, 4.69) is 58.6 Å². The second-order valence-corrected chi connectivity index (χ2v) is 7.21. The molecule has 2 N–H and O–H groups in total. The van der Waals surface area contributed by atoms with Crippen LogP contribution >= 0.6 is 0 Å². The zero-order valence-corrected chi connectivity index (χ0v) is 14.9. The van der Waals surface area contributed by atoms with Crippen LogP contribution in [-0.4, -0.2) is 31.8 Å². The summed E-state index contributed by atoms with van der Waals surface area (Å²) in [5, 5.41) is 10.5. The molecule has 1 atom stereocenters. The minimum absolute atomic E-state index is 0.152. The topological polar surface area (TPSA) is 84.7 Å². The molecule has 2 amide bonds. The van der Waals surface area contributed by atoms with Crippen molar-refractivity contribution in [3.05, 3.63) is 42.4 Å². The summed E-state index contributed by atoms with van der Waals surface area (Å²) >= 11 is 0. The van der Waals surface area contributed by atoms with Crippen molar-refractivity contribution in [1.29, 1.82) is 0 Å². The number of aromatic nitrogens is 4. The molecule has 0 aliphatic heterocycles. The Kier molecular flexibility index (Phi) is 4.83. The summed E-state index contributed by atoms with van der Waals surface area (Å²) in [6.45, 7) is 6.22. The highest BCUT2D eigenvalue weighted by Crippen LogP contribution is 2.25. The molecular weight excluding hydrogens is 316 g/mol. The molecule has 0 saturated heterocycles. The molecule has 0 saturated carbocycles. The van der Waals surface area contributed by atoms with E-state index in [1.54, 1.807) is 23.1 Å². The molecule has 25 heavy (non-hydrogen) atoms. The van der Waals surface area contributed by atoms with Crippen molar-refractivity contribution >= 4 is 11.8 Å². The van der Waals surface area contributed by atoms with Crippen LogP contribution in [0.25, 0.3) is 5.95 Å². The van der Waals surface area contributed by atoms with Gasteiger partial charge in [0, 0.05) is 29.9 Å². The van der Waals surface area contributed by atoms with Crippen LogP contribution in [0.1, 0.15) is 45.7 Å². The highest BCUT2D eigenvalue weighted by Gasteiger charge is 2.23. The van der Waals surface area contributed by atoms with E-state index in [9.17, 15) is 4.79 Å². The monoisotopic (exact) mass is 340 g/mol. The van der Waals surface area contributed by atoms with Gasteiger partial charge in [-0.15, -0.1) is 0 Å². The highest BCUT2D eigenvalue weighted by atomic mass is 16.2. The Morgan fingerprint density at radius 1 is 1.24 bits per heavy atom. The number of nitrogens with one attached hydrogen (secondary N) is 2. The fraction of sp³-hybridized carbons (Fsp3) is 0.444. The van der Waals surface area contributed by atoms with Gasteiger partial charge in [0.25, 0.3) is 5.95 Å². The van der Waals surface area contributed by atoms with Crippen molar-refractivity contribution < 1.29 is 4.79 Å². The van der Waals surface area contributed by atoms with Gasteiger partial charge in [-0.05, 0) is 25.3 Å². The fourth-order valence-electron chi connectivity index (χ4n) is 2.65. The summed E-state index contributed by atoms with van der Waals surface area (Å²) in [5.74, 6) is 0.980. The van der Waals surface area contributed by atoms with Crippen LogP contribution < -0.4 is 10.6 Å². The number of allylic oxidation sites excluding steroid dienone is 1. The van der Waals surface area contributed by atoms with E-state index in [1.165, 1.54) is 0 Å². The maximum atomic E-state index is 12.4. The van der Waals surface area contributed by atoms with Crippen molar-refractivity contribution in [1.82, 2.24) is 25.1 Å². The van der Waals surface area contributed by atoms with Crippen molar-refractivity contribution in [2.24, 2.45) is 0 Å². The molecular formula is C18H24N6O. The predicted octanol–water partition coefficient (Wildman–Crippen LogP) is 3.19. The number of anilines is 1. The van der Waals surface area contributed by atoms with E-state index in [0.29, 0.717) is 11.8 Å². The SMILES string of the molecule is CC(C)(C)c1cc(NC(=O)NC2CC=CCC2)n(-c2ncccn2)n1. The summed E-state index contributed by atoms with van der Waals surface area (Å²) in [5.41, 5.74) is 0.706. The quantitative estimate of drug-likeness (QED) is 0.840. The fourth-order valence-corrected chi connectivity index (χ4v) is 2.65. The summed E-state index contributed by atoms with van der Waals surface area (Å²) in [6.07, 6.45) is 10.4. The molecule has 0 radical (unpaired) electrons. The molecule has 2 heterocycles. The minimum atomic E-state index is -0.238. The van der Waals surface area contributed by atoms with Crippen molar-refractivity contribution in [3.8, 4) is 5.95 Å². The van der Waals surface area contributed by atoms with Gasteiger partial charge in [0.1, 0.15) is 5.82 Å². The standard InChI is InChI=1S/C18H24N6O/c1-18(2,3)14-12-15(24(23-14)16-19-10-7-11-20-16)22-17(25)21-13-8-5-4-6-9-13/h4-5,7,10-13H,6,8-9H2,1-3H3,(H2,21,22,25). The number of rotatable bonds is 3. The molecule has 0 fully saturated rings. The van der Waals surface area contributed by atoms with Crippen LogP contribution in [0.15, 0.2) is 36.7 Å². The largest absolute Gasteiger partial charge is 0.335 e. The van der Waals surface area contributed by atoms with Crippen LogP contribution in [0, 0.1) is 0 Å². The van der Waals surface area contributed by atoms with Gasteiger partial charge in [-0.25, -0.2) is 14.8 Å². The van der Waals surface area contributed by atoms with Crippen molar-refractivity contribution in [3.63, 3.8) is 0 Å². The lowest BCUT2D eigenvalue weighted by Crippen LogP contribution is -2.38. The molecule has 7 nitrogen and oxygen atoms in total. The number of carbonyl (C=O) groups excluding carboxylic acids is 1. The molecule has 132 valence electrons. The van der Waals surface area contributed by atoms with Crippen LogP contribution in [-0.2, 0) is 5.41 Å². The Balaban J connectivity index is 1.82. The number of nitrogens with zero attached hydrogens (tertiary/aromatic N) is 4. The van der Waals surface area contributed by atoms with Gasteiger partial charge < -0.3 is 5.32 Å². The smallest absolute Gasteiger partial charge is 0.320 e. The Morgan fingerprint density at radius 2 is 2.00 bits per heavy atom. The van der Waals surface area contributed by atoms with Crippen molar-refractivity contribution in [2.45, 2.75) is 51.5 Å². The maximum Gasteiger partial charge on any atom is 0.320 e. The third kappa shape index (κ3) is 4.23. The van der Waals surface area contributed by atoms with Crippen LogP contribution in [0.4, 0.5) is 10.6 Å². The number of hydrogen-bond donors (Lipinski definition) is 2. The van der Waals surface area contributed by atoms with E-state index in [4.69, 9.17) is 0 Å². The Labute approximate surface area is 147 Å². The predicted molar refractivity (Wildman–Crippen MR) is 96.8 cm³/mol. The first-order valence-corrected chi connectivity index (χ1v) is 8.54. The van der Waals surface area contributed by atoms with Gasteiger partial charge in [0.05, 0.1) is 5.69 Å². The first-order valence-electron chi connectivity index (χ1n) is 8.54. The molecule has 0 bridgehead atoms. The average Bonchev–Trinajstić information content (AvgIpc) is 3.00. The average molecular weight is 340 g/mol. The molecule has 0 spiro atoms. The maximum absolute atomic E-state index is 12.4. The van der Waals surface area contributed by atoms with Crippen molar-refractivity contribution in [2.75, 3.05) is 5.32 Å². The van der Waals surface area contributed by atoms with Gasteiger partial charge in [0.2, 0.25) is 0 Å². The zero-order chi connectivity index (χ0) is 17.9. The van der Waals surface area contributed by atoms with Crippen LogP contribution in [0.2, 0.25) is 0 Å². The van der Waals surface area contributed by atoms with E-state index in [0.717, 1.165) is 25.0 Å². The lowest BCUT2D eigenvalue weighted by molar-refractivity contribution is 0.247. The van der Waals surface area contributed by atoms with Crippen LogP contribution in [0.3, 0.4) is 0 Å². The highest BCUT2D eigenvalue weighted by molar-refractivity contribution is 5.88. The third-order valence-electron chi connectivity index (χ3n) is 4.07. The van der Waals surface area contributed by atoms with E-state index >= 15 is 0 Å².